The van der Waals surface area contributed by atoms with Crippen LogP contribution in [-0.4, -0.2) is 48.1 Å². The molecule has 4 N–H and O–H groups in total. The average molecular weight is 273 g/mol. The normalized spacial score (nSPS) is 15.2. The summed E-state index contributed by atoms with van der Waals surface area (Å²) in [7, 11) is 0. The zero-order valence-corrected chi connectivity index (χ0v) is 10.5. The van der Waals surface area contributed by atoms with Gasteiger partial charge in [-0.3, -0.25) is 14.8 Å². The minimum Gasteiger partial charge on any atom is -0.480 e. The molecule has 1 aliphatic rings. The quantitative estimate of drug-likeness (QED) is 0.586. The number of nitrogens with two attached hydrogens (primary N) is 1. The zero-order chi connectivity index (χ0) is 10.4. The molecule has 0 spiro atoms. The maximum absolute atomic E-state index is 10.4. The number of carboxylic acid groups (broad SMARTS) is 1. The van der Waals surface area contributed by atoms with Gasteiger partial charge in [0.05, 0.1) is 19.4 Å². The Morgan fingerprint density at radius 1 is 1.62 bits per heavy atom. The summed E-state index contributed by atoms with van der Waals surface area (Å²) in [4.78, 5) is 14.4. The van der Waals surface area contributed by atoms with Crippen LogP contribution in [-0.2, 0) is 4.79 Å². The number of halogens is 2. The molecule has 0 aromatic rings. The Kier molecular flexibility index (Phi) is 10.8. The summed E-state index contributed by atoms with van der Waals surface area (Å²) >= 11 is 0. The van der Waals surface area contributed by atoms with Crippen LogP contribution in [0.2, 0.25) is 0 Å². The summed E-state index contributed by atoms with van der Waals surface area (Å²) < 4.78 is 0. The van der Waals surface area contributed by atoms with Crippen LogP contribution >= 0.6 is 24.8 Å². The van der Waals surface area contributed by atoms with Crippen molar-refractivity contribution in [2.45, 2.75) is 18.9 Å². The first-order chi connectivity index (χ1) is 6.70. The molecule has 1 rings (SSSR count). The Hall–Kier alpha value is -0.560. The van der Waals surface area contributed by atoms with Crippen molar-refractivity contribution in [1.29, 1.82) is 0 Å². The molecule has 1 aliphatic heterocycles. The summed E-state index contributed by atoms with van der Waals surface area (Å²) in [6, 6.07) is -0.746. The number of carboxylic acids is 1. The number of aliphatic carboxylic acids is 1. The van der Waals surface area contributed by atoms with Gasteiger partial charge in [0.1, 0.15) is 6.04 Å². The van der Waals surface area contributed by atoms with E-state index in [0.29, 0.717) is 6.42 Å². The Morgan fingerprint density at radius 3 is 2.81 bits per heavy atom. The Morgan fingerprint density at radius 2 is 2.31 bits per heavy atom. The van der Waals surface area contributed by atoms with Crippen LogP contribution < -0.4 is 11.2 Å². The SMILES string of the molecule is Cl.Cl.N[C@H](CCCNN1C=NCC1)C(=O)O. The number of carbonyl (C=O) groups is 1. The lowest BCUT2D eigenvalue weighted by molar-refractivity contribution is -0.138. The first-order valence-electron chi connectivity index (χ1n) is 4.68. The molecule has 8 heteroatoms. The maximum atomic E-state index is 10.4. The lowest BCUT2D eigenvalue weighted by Crippen LogP contribution is -2.37. The number of rotatable bonds is 6. The highest BCUT2D eigenvalue weighted by atomic mass is 35.5. The van der Waals surface area contributed by atoms with Crippen molar-refractivity contribution in [3.8, 4) is 0 Å². The smallest absolute Gasteiger partial charge is 0.320 e. The van der Waals surface area contributed by atoms with E-state index in [1.54, 1.807) is 6.34 Å². The third-order valence-electron chi connectivity index (χ3n) is 2.02. The number of nitrogens with one attached hydrogen (secondary N) is 1. The first-order valence-corrected chi connectivity index (χ1v) is 4.68. The van der Waals surface area contributed by atoms with Gasteiger partial charge in [0.25, 0.3) is 0 Å². The third kappa shape index (κ3) is 6.84. The van der Waals surface area contributed by atoms with Crippen LogP contribution in [0.1, 0.15) is 12.8 Å². The second-order valence-electron chi connectivity index (χ2n) is 3.21. The van der Waals surface area contributed by atoms with Crippen molar-refractivity contribution < 1.29 is 9.90 Å². The van der Waals surface area contributed by atoms with Gasteiger partial charge < -0.3 is 10.8 Å². The molecule has 0 radical (unpaired) electrons. The molecule has 1 atom stereocenters. The molecular weight excluding hydrogens is 255 g/mol. The summed E-state index contributed by atoms with van der Waals surface area (Å²) in [5.74, 6) is -0.937. The average Bonchev–Trinajstić information content (AvgIpc) is 2.64. The molecule has 96 valence electrons. The van der Waals surface area contributed by atoms with Crippen LogP contribution in [0.4, 0.5) is 0 Å². The standard InChI is InChI=1S/C8H16N4O2.2ClH/c9-7(8(13)14)2-1-3-11-12-5-4-10-6-12;;/h6-7,11H,1-5,9H2,(H,13,14);2*1H/t7-;;/m1../s1. The van der Waals surface area contributed by atoms with Crippen LogP contribution in [0.15, 0.2) is 4.99 Å². The van der Waals surface area contributed by atoms with Crippen LogP contribution in [0, 0.1) is 0 Å². The summed E-state index contributed by atoms with van der Waals surface area (Å²) in [5, 5.41) is 10.4. The largest absolute Gasteiger partial charge is 0.480 e. The van der Waals surface area contributed by atoms with Gasteiger partial charge in [-0.15, -0.1) is 24.8 Å². The highest BCUT2D eigenvalue weighted by Crippen LogP contribution is 1.94. The third-order valence-corrected chi connectivity index (χ3v) is 2.02. The summed E-state index contributed by atoms with van der Waals surface area (Å²) in [6.07, 6.45) is 2.99. The second-order valence-corrected chi connectivity index (χ2v) is 3.21. The van der Waals surface area contributed by atoms with Crippen molar-refractivity contribution in [3.63, 3.8) is 0 Å². The van der Waals surface area contributed by atoms with E-state index in [-0.39, 0.29) is 24.8 Å². The van der Waals surface area contributed by atoms with Gasteiger partial charge in [0, 0.05) is 6.54 Å². The van der Waals surface area contributed by atoms with Crippen LogP contribution in [0.25, 0.3) is 0 Å². The van der Waals surface area contributed by atoms with Gasteiger partial charge in [-0.1, -0.05) is 0 Å². The number of nitrogens with zero attached hydrogens (tertiary/aromatic N) is 2. The number of aliphatic imine (C=N–C) groups is 1. The minimum absolute atomic E-state index is 0. The zero-order valence-electron chi connectivity index (χ0n) is 8.83. The van der Waals surface area contributed by atoms with E-state index in [9.17, 15) is 4.79 Å². The molecule has 6 nitrogen and oxygen atoms in total. The van der Waals surface area contributed by atoms with Crippen molar-refractivity contribution in [2.75, 3.05) is 19.6 Å². The molecule has 0 aliphatic carbocycles. The van der Waals surface area contributed by atoms with Gasteiger partial charge >= 0.3 is 5.97 Å². The van der Waals surface area contributed by atoms with Gasteiger partial charge in [-0.2, -0.15) is 0 Å². The topological polar surface area (TPSA) is 91.0 Å². The fourth-order valence-corrected chi connectivity index (χ4v) is 1.17. The number of hydrogen-bond donors (Lipinski definition) is 3. The highest BCUT2D eigenvalue weighted by Gasteiger charge is 2.10. The van der Waals surface area contributed by atoms with Crippen molar-refractivity contribution in [2.24, 2.45) is 10.7 Å². The van der Waals surface area contributed by atoms with Gasteiger partial charge in [-0.05, 0) is 12.8 Å². The molecule has 0 saturated carbocycles. The van der Waals surface area contributed by atoms with E-state index in [1.165, 1.54) is 0 Å². The van der Waals surface area contributed by atoms with E-state index in [2.05, 4.69) is 10.4 Å². The molecule has 0 amide bonds. The number of hydrogen-bond acceptors (Lipinski definition) is 5. The Balaban J connectivity index is 0. The van der Waals surface area contributed by atoms with Crippen LogP contribution in [0.5, 0.6) is 0 Å². The van der Waals surface area contributed by atoms with Crippen molar-refractivity contribution in [1.82, 2.24) is 10.4 Å². The molecule has 0 unspecified atom stereocenters. The predicted octanol–water partition coefficient (Wildman–Crippen LogP) is -0.129. The fourth-order valence-electron chi connectivity index (χ4n) is 1.17. The lowest BCUT2D eigenvalue weighted by Gasteiger charge is -2.15. The summed E-state index contributed by atoms with van der Waals surface area (Å²) in [5.41, 5.74) is 8.45. The maximum Gasteiger partial charge on any atom is 0.320 e. The number of hydrazine groups is 1. The fraction of sp³-hybridized carbons (Fsp3) is 0.750. The van der Waals surface area contributed by atoms with E-state index in [0.717, 1.165) is 26.1 Å². The van der Waals surface area contributed by atoms with Crippen LogP contribution in [0.3, 0.4) is 0 Å². The molecule has 0 aromatic carbocycles. The van der Waals surface area contributed by atoms with Gasteiger partial charge in [-0.25, -0.2) is 5.43 Å². The minimum atomic E-state index is -0.937. The molecule has 0 fully saturated rings. The first kappa shape index (κ1) is 17.8. The highest BCUT2D eigenvalue weighted by molar-refractivity contribution is 5.85. The predicted molar refractivity (Wildman–Crippen MR) is 67.4 cm³/mol. The molecular formula is C8H18Cl2N4O2. The molecule has 0 aromatic heterocycles. The molecule has 1 heterocycles. The van der Waals surface area contributed by atoms with Gasteiger partial charge in [0.15, 0.2) is 0 Å². The monoisotopic (exact) mass is 272 g/mol. The van der Waals surface area contributed by atoms with E-state index >= 15 is 0 Å². The second kappa shape index (κ2) is 9.65. The van der Waals surface area contributed by atoms with Crippen molar-refractivity contribution in [3.05, 3.63) is 0 Å². The summed E-state index contributed by atoms with van der Waals surface area (Å²) in [6.45, 7) is 2.43. The lowest BCUT2D eigenvalue weighted by atomic mass is 10.2. The van der Waals surface area contributed by atoms with Crippen molar-refractivity contribution >= 4 is 37.1 Å². The Bertz CT molecular complexity index is 224. The molecule has 0 bridgehead atoms. The van der Waals surface area contributed by atoms with Gasteiger partial charge in [0.2, 0.25) is 0 Å². The van der Waals surface area contributed by atoms with E-state index in [4.69, 9.17) is 10.8 Å². The molecule has 0 saturated heterocycles. The Labute approximate surface area is 107 Å². The van der Waals surface area contributed by atoms with E-state index in [1.807, 2.05) is 5.01 Å². The van der Waals surface area contributed by atoms with E-state index < -0.39 is 12.0 Å². The molecule has 16 heavy (non-hydrogen) atoms.